The van der Waals surface area contributed by atoms with Crippen molar-refractivity contribution in [3.05, 3.63) is 18.0 Å². The minimum Gasteiger partial charge on any atom is -0.394 e. The standard InChI is InChI=1S/C12H19N3O3/c1-14-5-4-11(13-14)12(17)15-6-2-10(3-7-15)18-9-8-16/h4-5,10,16H,2-3,6-9H2,1H3. The van der Waals surface area contributed by atoms with E-state index < -0.39 is 0 Å². The number of aliphatic hydroxyl groups is 1. The lowest BCUT2D eigenvalue weighted by molar-refractivity contribution is -0.00566. The van der Waals surface area contributed by atoms with E-state index in [0.29, 0.717) is 25.4 Å². The number of rotatable bonds is 4. The Labute approximate surface area is 106 Å². The zero-order valence-electron chi connectivity index (χ0n) is 10.6. The van der Waals surface area contributed by atoms with E-state index in [1.165, 1.54) is 0 Å². The number of nitrogens with zero attached hydrogens (tertiary/aromatic N) is 3. The summed E-state index contributed by atoms with van der Waals surface area (Å²) in [5.41, 5.74) is 0.493. The molecule has 2 rings (SSSR count). The molecule has 0 aliphatic carbocycles. The Kier molecular flexibility index (Phi) is 4.33. The molecule has 18 heavy (non-hydrogen) atoms. The summed E-state index contributed by atoms with van der Waals surface area (Å²) in [7, 11) is 1.80. The predicted molar refractivity (Wildman–Crippen MR) is 65.2 cm³/mol. The summed E-state index contributed by atoms with van der Waals surface area (Å²) in [5.74, 6) is -0.0174. The SMILES string of the molecule is Cn1ccc(C(=O)N2CCC(OCCO)CC2)n1. The first-order chi connectivity index (χ1) is 8.70. The van der Waals surface area contributed by atoms with Gasteiger partial charge in [-0.1, -0.05) is 0 Å². The van der Waals surface area contributed by atoms with Crippen molar-refractivity contribution in [2.45, 2.75) is 18.9 Å². The minimum atomic E-state index is -0.0174. The van der Waals surface area contributed by atoms with Crippen molar-refractivity contribution in [3.63, 3.8) is 0 Å². The molecule has 1 fully saturated rings. The molecule has 1 N–H and O–H groups in total. The average Bonchev–Trinajstić information content (AvgIpc) is 2.83. The highest BCUT2D eigenvalue weighted by Crippen LogP contribution is 2.15. The van der Waals surface area contributed by atoms with Gasteiger partial charge in [-0.25, -0.2) is 0 Å². The molecular formula is C12H19N3O3. The summed E-state index contributed by atoms with van der Waals surface area (Å²) in [5, 5.41) is 12.8. The van der Waals surface area contributed by atoms with Gasteiger partial charge in [-0.05, 0) is 18.9 Å². The Morgan fingerprint density at radius 2 is 2.28 bits per heavy atom. The van der Waals surface area contributed by atoms with Gasteiger partial charge < -0.3 is 14.7 Å². The fourth-order valence-corrected chi connectivity index (χ4v) is 2.14. The zero-order chi connectivity index (χ0) is 13.0. The number of aryl methyl sites for hydroxylation is 1. The van der Waals surface area contributed by atoms with Crippen molar-refractivity contribution in [3.8, 4) is 0 Å². The topological polar surface area (TPSA) is 67.6 Å². The molecule has 0 aromatic carbocycles. The van der Waals surface area contributed by atoms with Crippen LogP contribution in [-0.4, -0.2) is 58.1 Å². The smallest absolute Gasteiger partial charge is 0.274 e. The van der Waals surface area contributed by atoms with Gasteiger partial charge in [-0.3, -0.25) is 9.48 Å². The van der Waals surface area contributed by atoms with Crippen molar-refractivity contribution >= 4 is 5.91 Å². The first-order valence-corrected chi connectivity index (χ1v) is 6.22. The van der Waals surface area contributed by atoms with Crippen molar-refractivity contribution in [1.29, 1.82) is 0 Å². The number of carbonyl (C=O) groups excluding carboxylic acids is 1. The molecule has 6 nitrogen and oxygen atoms in total. The monoisotopic (exact) mass is 253 g/mol. The van der Waals surface area contributed by atoms with Crippen LogP contribution < -0.4 is 0 Å². The van der Waals surface area contributed by atoms with Gasteiger partial charge in [0, 0.05) is 26.3 Å². The van der Waals surface area contributed by atoms with Gasteiger partial charge in [-0.15, -0.1) is 0 Å². The molecule has 0 atom stereocenters. The number of aromatic nitrogens is 2. The Morgan fingerprint density at radius 3 is 2.83 bits per heavy atom. The number of likely N-dealkylation sites (tertiary alicyclic amines) is 1. The number of piperidine rings is 1. The highest BCUT2D eigenvalue weighted by molar-refractivity contribution is 5.92. The van der Waals surface area contributed by atoms with Crippen LogP contribution in [0.4, 0.5) is 0 Å². The number of hydrogen-bond donors (Lipinski definition) is 1. The normalized spacial score (nSPS) is 17.1. The largest absolute Gasteiger partial charge is 0.394 e. The number of aliphatic hydroxyl groups excluding tert-OH is 1. The molecule has 1 amide bonds. The lowest BCUT2D eigenvalue weighted by Crippen LogP contribution is -2.41. The van der Waals surface area contributed by atoms with E-state index in [-0.39, 0.29) is 18.6 Å². The van der Waals surface area contributed by atoms with E-state index in [9.17, 15) is 4.79 Å². The van der Waals surface area contributed by atoms with Crippen molar-refractivity contribution < 1.29 is 14.6 Å². The van der Waals surface area contributed by atoms with Crippen LogP contribution in [0.2, 0.25) is 0 Å². The number of carbonyl (C=O) groups is 1. The van der Waals surface area contributed by atoms with Crippen LogP contribution in [0.1, 0.15) is 23.3 Å². The van der Waals surface area contributed by atoms with Gasteiger partial charge in [0.2, 0.25) is 0 Å². The van der Waals surface area contributed by atoms with E-state index in [0.717, 1.165) is 12.8 Å². The Balaban J connectivity index is 1.84. The molecule has 0 bridgehead atoms. The third-order valence-electron chi connectivity index (χ3n) is 3.11. The minimum absolute atomic E-state index is 0.0174. The first kappa shape index (κ1) is 13.0. The van der Waals surface area contributed by atoms with Gasteiger partial charge in [0.1, 0.15) is 5.69 Å². The van der Waals surface area contributed by atoms with Gasteiger partial charge >= 0.3 is 0 Å². The maximum atomic E-state index is 12.1. The molecule has 1 aromatic rings. The molecule has 1 aliphatic heterocycles. The maximum Gasteiger partial charge on any atom is 0.274 e. The van der Waals surface area contributed by atoms with E-state index in [1.807, 2.05) is 0 Å². The van der Waals surface area contributed by atoms with Crippen molar-refractivity contribution in [2.24, 2.45) is 7.05 Å². The second-order valence-electron chi connectivity index (χ2n) is 4.46. The van der Waals surface area contributed by atoms with Gasteiger partial charge in [0.05, 0.1) is 19.3 Å². The highest BCUT2D eigenvalue weighted by Gasteiger charge is 2.24. The van der Waals surface area contributed by atoms with Crippen LogP contribution in [0.15, 0.2) is 12.3 Å². The lowest BCUT2D eigenvalue weighted by atomic mass is 10.1. The van der Waals surface area contributed by atoms with Crippen LogP contribution in [0.3, 0.4) is 0 Å². The molecule has 0 unspecified atom stereocenters. The Hall–Kier alpha value is -1.40. The van der Waals surface area contributed by atoms with E-state index >= 15 is 0 Å². The van der Waals surface area contributed by atoms with Crippen LogP contribution in [0.25, 0.3) is 0 Å². The highest BCUT2D eigenvalue weighted by atomic mass is 16.5. The number of ether oxygens (including phenoxy) is 1. The van der Waals surface area contributed by atoms with E-state index in [4.69, 9.17) is 9.84 Å². The molecule has 0 saturated carbocycles. The summed E-state index contributed by atoms with van der Waals surface area (Å²) < 4.78 is 7.09. The average molecular weight is 253 g/mol. The maximum absolute atomic E-state index is 12.1. The van der Waals surface area contributed by atoms with Gasteiger partial charge in [0.25, 0.3) is 5.91 Å². The molecule has 1 aromatic heterocycles. The summed E-state index contributed by atoms with van der Waals surface area (Å²) in [4.78, 5) is 13.9. The van der Waals surface area contributed by atoms with Crippen LogP contribution in [-0.2, 0) is 11.8 Å². The third kappa shape index (κ3) is 3.08. The van der Waals surface area contributed by atoms with Gasteiger partial charge in [0.15, 0.2) is 0 Å². The van der Waals surface area contributed by atoms with Crippen LogP contribution >= 0.6 is 0 Å². The lowest BCUT2D eigenvalue weighted by Gasteiger charge is -2.31. The molecule has 1 saturated heterocycles. The first-order valence-electron chi connectivity index (χ1n) is 6.22. The van der Waals surface area contributed by atoms with E-state index in [1.54, 1.807) is 28.9 Å². The summed E-state index contributed by atoms with van der Waals surface area (Å²) in [6.45, 7) is 1.79. The fraction of sp³-hybridized carbons (Fsp3) is 0.667. The molecule has 6 heteroatoms. The van der Waals surface area contributed by atoms with Gasteiger partial charge in [-0.2, -0.15) is 5.10 Å². The molecule has 2 heterocycles. The third-order valence-corrected chi connectivity index (χ3v) is 3.11. The fourth-order valence-electron chi connectivity index (χ4n) is 2.14. The second-order valence-corrected chi connectivity index (χ2v) is 4.46. The summed E-state index contributed by atoms with van der Waals surface area (Å²) in [6, 6.07) is 1.73. The molecule has 0 spiro atoms. The number of amides is 1. The van der Waals surface area contributed by atoms with Crippen LogP contribution in [0, 0.1) is 0 Å². The number of hydrogen-bond acceptors (Lipinski definition) is 4. The molecule has 0 radical (unpaired) electrons. The molecule has 1 aliphatic rings. The van der Waals surface area contributed by atoms with Crippen LogP contribution in [0.5, 0.6) is 0 Å². The predicted octanol–water partition coefficient (Wildman–Crippen LogP) is 0.0336. The quantitative estimate of drug-likeness (QED) is 0.822. The molecular weight excluding hydrogens is 234 g/mol. The Morgan fingerprint density at radius 1 is 1.56 bits per heavy atom. The summed E-state index contributed by atoms with van der Waals surface area (Å²) >= 11 is 0. The Bertz CT molecular complexity index is 397. The van der Waals surface area contributed by atoms with Crippen molar-refractivity contribution in [1.82, 2.24) is 14.7 Å². The van der Waals surface area contributed by atoms with Crippen molar-refractivity contribution in [2.75, 3.05) is 26.3 Å². The van der Waals surface area contributed by atoms with E-state index in [2.05, 4.69) is 5.10 Å². The summed E-state index contributed by atoms with van der Waals surface area (Å²) in [6.07, 6.45) is 3.56. The second kappa shape index (κ2) is 5.97. The molecule has 100 valence electrons. The zero-order valence-corrected chi connectivity index (χ0v) is 10.6.